The molecule has 64 heavy (non-hydrogen) atoms. The Morgan fingerprint density at radius 1 is 0.281 bits per heavy atom. The molecule has 0 bridgehead atoms. The average Bonchev–Trinajstić information content (AvgIpc) is 4.02. The molecule has 11 aromatic carbocycles. The molecule has 0 atom stereocenters. The summed E-state index contributed by atoms with van der Waals surface area (Å²) >= 11 is 0. The second kappa shape index (κ2) is 13.4. The van der Waals surface area contributed by atoms with Gasteiger partial charge in [-0.05, 0) is 117 Å². The molecule has 14 aromatic rings. The van der Waals surface area contributed by atoms with Crippen LogP contribution in [0.2, 0.25) is 0 Å². The van der Waals surface area contributed by atoms with Crippen LogP contribution >= 0.6 is 0 Å². The Labute approximate surface area is 367 Å². The zero-order chi connectivity index (χ0) is 41.9. The molecule has 0 fully saturated rings. The first-order valence-electron chi connectivity index (χ1n) is 21.9. The number of aromatic nitrogens is 2. The van der Waals surface area contributed by atoms with Crippen LogP contribution in [0.4, 0.5) is 17.1 Å². The molecule has 0 saturated carbocycles. The summed E-state index contributed by atoms with van der Waals surface area (Å²) in [7, 11) is 0. The monoisotopic (exact) mass is 815 g/mol. The fraction of sp³-hybridized carbons (Fsp3) is 0. The average molecular weight is 816 g/mol. The van der Waals surface area contributed by atoms with Crippen molar-refractivity contribution in [1.29, 1.82) is 0 Å². The lowest BCUT2D eigenvalue weighted by atomic mass is 9.94. The minimum atomic E-state index is 0.874. The van der Waals surface area contributed by atoms with E-state index in [4.69, 9.17) is 4.42 Å². The number of hydrogen-bond donors (Lipinski definition) is 0. The molecule has 0 amide bonds. The maximum Gasteiger partial charge on any atom is 0.135 e. The number of furan rings is 1. The smallest absolute Gasteiger partial charge is 0.135 e. The largest absolute Gasteiger partial charge is 0.456 e. The molecule has 4 heteroatoms. The van der Waals surface area contributed by atoms with Gasteiger partial charge < -0.3 is 18.5 Å². The van der Waals surface area contributed by atoms with Crippen LogP contribution in [0.1, 0.15) is 0 Å². The van der Waals surface area contributed by atoms with E-state index < -0.39 is 0 Å². The van der Waals surface area contributed by atoms with Gasteiger partial charge in [0.05, 0.1) is 27.8 Å². The van der Waals surface area contributed by atoms with Gasteiger partial charge in [0.25, 0.3) is 0 Å². The number of hydrogen-bond acceptors (Lipinski definition) is 2. The molecule has 0 aliphatic rings. The molecule has 298 valence electrons. The highest BCUT2D eigenvalue weighted by Crippen LogP contribution is 2.45. The highest BCUT2D eigenvalue weighted by atomic mass is 16.3. The Hall–Kier alpha value is -8.60. The third-order valence-corrected chi connectivity index (χ3v) is 13.5. The van der Waals surface area contributed by atoms with Crippen LogP contribution < -0.4 is 4.90 Å². The fourth-order valence-electron chi connectivity index (χ4n) is 10.7. The van der Waals surface area contributed by atoms with Crippen molar-refractivity contribution in [3.05, 3.63) is 224 Å². The predicted molar refractivity (Wildman–Crippen MR) is 270 cm³/mol. The molecule has 0 saturated heterocycles. The van der Waals surface area contributed by atoms with E-state index in [1.807, 2.05) is 6.07 Å². The Balaban J connectivity index is 1.06. The number of nitrogens with zero attached hydrogens (tertiary/aromatic N) is 3. The molecule has 0 aliphatic carbocycles. The summed E-state index contributed by atoms with van der Waals surface area (Å²) in [5.41, 5.74) is 11.9. The van der Waals surface area contributed by atoms with E-state index in [1.54, 1.807) is 0 Å². The lowest BCUT2D eigenvalue weighted by molar-refractivity contribution is 0.669. The summed E-state index contributed by atoms with van der Waals surface area (Å²) in [6.07, 6.45) is 0. The molecule has 3 heterocycles. The van der Waals surface area contributed by atoms with Gasteiger partial charge in [-0.15, -0.1) is 0 Å². The zero-order valence-corrected chi connectivity index (χ0v) is 34.6. The number of para-hydroxylation sites is 4. The molecule has 0 N–H and O–H groups in total. The van der Waals surface area contributed by atoms with Crippen molar-refractivity contribution in [3.8, 4) is 11.4 Å². The van der Waals surface area contributed by atoms with Gasteiger partial charge >= 0.3 is 0 Å². The first-order chi connectivity index (χ1) is 31.8. The Morgan fingerprint density at radius 3 is 1.50 bits per heavy atom. The summed E-state index contributed by atoms with van der Waals surface area (Å²) in [4.78, 5) is 2.42. The van der Waals surface area contributed by atoms with Crippen molar-refractivity contribution < 1.29 is 4.42 Å². The fourth-order valence-corrected chi connectivity index (χ4v) is 10.7. The lowest BCUT2D eigenvalue weighted by Crippen LogP contribution is -2.10. The standard InChI is InChI=1S/C60H37N3O/c1-2-15-38(16-3-1)62-54-25-12-9-23-50(54)60-55(62)26-14-27-56(60)63-53-24-11-8-21-47(53)48-33-30-41(37-57(48)63)61(40-31-34-59-52(36-40)49-22-10-13-28-58(49)64-59)39-29-32-46-44-19-5-4-17-42(44)43-18-6-7-20-45(43)51(46)35-39/h1-37H. The number of fused-ring (bicyclic) bond motifs is 15. The van der Waals surface area contributed by atoms with Crippen molar-refractivity contribution in [3.63, 3.8) is 0 Å². The molecule has 0 aliphatic heterocycles. The Kier molecular flexibility index (Phi) is 7.36. The van der Waals surface area contributed by atoms with E-state index in [9.17, 15) is 0 Å². The third-order valence-electron chi connectivity index (χ3n) is 13.5. The van der Waals surface area contributed by atoms with Crippen molar-refractivity contribution in [2.45, 2.75) is 0 Å². The SMILES string of the molecule is c1ccc(-n2c3ccccc3c3c(-n4c5ccccc5c5ccc(N(c6ccc7oc8ccccc8c7c6)c6ccc7c8ccccc8c8ccccc8c7c6)cc54)cccc32)cc1. The van der Waals surface area contributed by atoms with Gasteiger partial charge in [0.15, 0.2) is 0 Å². The van der Waals surface area contributed by atoms with Crippen molar-refractivity contribution >= 4 is 115 Å². The first kappa shape index (κ1) is 35.0. The summed E-state index contributed by atoms with van der Waals surface area (Å²) in [6.45, 7) is 0. The molecule has 0 spiro atoms. The minimum Gasteiger partial charge on any atom is -0.456 e. The number of anilines is 3. The molecular formula is C60H37N3O. The van der Waals surface area contributed by atoms with Crippen molar-refractivity contribution in [2.24, 2.45) is 0 Å². The third kappa shape index (κ3) is 4.99. The zero-order valence-electron chi connectivity index (χ0n) is 34.6. The van der Waals surface area contributed by atoms with Gasteiger partial charge in [-0.1, -0.05) is 140 Å². The van der Waals surface area contributed by atoms with Crippen molar-refractivity contribution in [1.82, 2.24) is 9.13 Å². The van der Waals surface area contributed by atoms with E-state index >= 15 is 0 Å². The van der Waals surface area contributed by atoms with Crippen LogP contribution in [0.15, 0.2) is 229 Å². The second-order valence-electron chi connectivity index (χ2n) is 16.8. The van der Waals surface area contributed by atoms with E-state index in [1.165, 1.54) is 70.4 Å². The van der Waals surface area contributed by atoms with E-state index in [0.29, 0.717) is 0 Å². The van der Waals surface area contributed by atoms with Crippen LogP contribution in [0.5, 0.6) is 0 Å². The van der Waals surface area contributed by atoms with Gasteiger partial charge in [0, 0.05) is 55.1 Å². The predicted octanol–water partition coefficient (Wildman–Crippen LogP) is 16.7. The Morgan fingerprint density at radius 2 is 0.766 bits per heavy atom. The highest BCUT2D eigenvalue weighted by Gasteiger charge is 2.23. The minimum absolute atomic E-state index is 0.874. The van der Waals surface area contributed by atoms with Gasteiger partial charge in [0.1, 0.15) is 11.2 Å². The van der Waals surface area contributed by atoms with Gasteiger partial charge in [-0.2, -0.15) is 0 Å². The number of benzene rings is 11. The first-order valence-corrected chi connectivity index (χ1v) is 21.9. The number of rotatable bonds is 5. The summed E-state index contributed by atoms with van der Waals surface area (Å²) < 4.78 is 11.3. The van der Waals surface area contributed by atoms with Crippen LogP contribution in [0.25, 0.3) is 109 Å². The van der Waals surface area contributed by atoms with Crippen LogP contribution in [-0.4, -0.2) is 9.13 Å². The van der Waals surface area contributed by atoms with Gasteiger partial charge in [-0.3, -0.25) is 0 Å². The quantitative estimate of drug-likeness (QED) is 0.162. The maximum atomic E-state index is 6.37. The van der Waals surface area contributed by atoms with Gasteiger partial charge in [-0.25, -0.2) is 0 Å². The van der Waals surface area contributed by atoms with Crippen LogP contribution in [-0.2, 0) is 0 Å². The van der Waals surface area contributed by atoms with Crippen LogP contribution in [0.3, 0.4) is 0 Å². The second-order valence-corrected chi connectivity index (χ2v) is 16.8. The summed E-state index contributed by atoms with van der Waals surface area (Å²) in [6, 6.07) is 81.7. The van der Waals surface area contributed by atoms with E-state index in [0.717, 1.165) is 55.9 Å². The summed E-state index contributed by atoms with van der Waals surface area (Å²) in [5.74, 6) is 0. The molecule has 0 unspecified atom stereocenters. The van der Waals surface area contributed by atoms with Crippen LogP contribution in [0, 0.1) is 0 Å². The van der Waals surface area contributed by atoms with Crippen molar-refractivity contribution in [2.75, 3.05) is 4.90 Å². The highest BCUT2D eigenvalue weighted by molar-refractivity contribution is 6.26. The molecule has 4 nitrogen and oxygen atoms in total. The molecule has 14 rings (SSSR count). The van der Waals surface area contributed by atoms with E-state index in [-0.39, 0.29) is 0 Å². The molecule has 0 radical (unpaired) electrons. The normalized spacial score (nSPS) is 12.1. The Bertz CT molecular complexity index is 4170. The maximum absolute atomic E-state index is 6.37. The van der Waals surface area contributed by atoms with Gasteiger partial charge in [0.2, 0.25) is 0 Å². The molecular weight excluding hydrogens is 779 g/mol. The lowest BCUT2D eigenvalue weighted by Gasteiger charge is -2.26. The molecule has 3 aromatic heterocycles. The topological polar surface area (TPSA) is 26.2 Å². The van der Waals surface area contributed by atoms with E-state index in [2.05, 4.69) is 232 Å². The summed E-state index contributed by atoms with van der Waals surface area (Å²) in [5, 5.41) is 14.6.